The molecule has 8 heteroatoms. The quantitative estimate of drug-likeness (QED) is 0.739. The van der Waals surface area contributed by atoms with Crippen LogP contribution in [0.4, 0.5) is 8.78 Å². The van der Waals surface area contributed by atoms with Crippen LogP contribution in [0.15, 0.2) is 36.7 Å². The van der Waals surface area contributed by atoms with Crippen LogP contribution in [0.1, 0.15) is 17.2 Å². The highest BCUT2D eigenvalue weighted by Crippen LogP contribution is 2.18. The van der Waals surface area contributed by atoms with Gasteiger partial charge in [-0.15, -0.1) is 0 Å². The normalized spacial score (nSPS) is 10.5. The number of hydrogen-bond acceptors (Lipinski definition) is 4. The van der Waals surface area contributed by atoms with Crippen molar-refractivity contribution in [2.24, 2.45) is 0 Å². The fourth-order valence-electron chi connectivity index (χ4n) is 2.03. The van der Waals surface area contributed by atoms with E-state index in [4.69, 9.17) is 16.9 Å². The van der Waals surface area contributed by atoms with Gasteiger partial charge in [0.25, 0.3) is 0 Å². The number of halogens is 3. The standard InChI is InChI=1S/C15H8ClF2N5/c16-9-7-20-15(21-8-9)5-12-3-10(6-19)22-23(12)11-1-2-13(17)14(18)4-11/h1-4,7-8H,5H2. The van der Waals surface area contributed by atoms with Crippen molar-refractivity contribution in [2.45, 2.75) is 6.42 Å². The van der Waals surface area contributed by atoms with Gasteiger partial charge in [-0.05, 0) is 18.2 Å². The Hall–Kier alpha value is -2.85. The zero-order valence-corrected chi connectivity index (χ0v) is 12.3. The average Bonchev–Trinajstić information content (AvgIpc) is 2.95. The summed E-state index contributed by atoms with van der Waals surface area (Å²) in [7, 11) is 0. The number of benzene rings is 1. The molecule has 0 saturated heterocycles. The number of rotatable bonds is 3. The molecule has 2 aromatic heterocycles. The van der Waals surface area contributed by atoms with Crippen molar-refractivity contribution in [3.63, 3.8) is 0 Å². The Morgan fingerprint density at radius 1 is 1.13 bits per heavy atom. The lowest BCUT2D eigenvalue weighted by Gasteiger charge is -2.07. The van der Waals surface area contributed by atoms with Crippen molar-refractivity contribution < 1.29 is 8.78 Å². The van der Waals surface area contributed by atoms with Gasteiger partial charge < -0.3 is 0 Å². The van der Waals surface area contributed by atoms with Gasteiger partial charge in [0.2, 0.25) is 0 Å². The maximum Gasteiger partial charge on any atom is 0.163 e. The molecule has 0 aliphatic rings. The van der Waals surface area contributed by atoms with E-state index in [0.717, 1.165) is 12.1 Å². The molecule has 0 spiro atoms. The minimum Gasteiger partial charge on any atom is -0.239 e. The first-order valence-electron chi connectivity index (χ1n) is 6.47. The molecule has 0 aliphatic heterocycles. The average molecular weight is 332 g/mol. The Bertz CT molecular complexity index is 899. The van der Waals surface area contributed by atoms with Gasteiger partial charge in [-0.3, -0.25) is 0 Å². The number of nitriles is 1. The van der Waals surface area contributed by atoms with Gasteiger partial charge in [0.15, 0.2) is 17.3 Å². The van der Waals surface area contributed by atoms with Gasteiger partial charge in [-0.2, -0.15) is 10.4 Å². The summed E-state index contributed by atoms with van der Waals surface area (Å²) in [5.74, 6) is -1.49. The molecule has 0 fully saturated rings. The minimum absolute atomic E-state index is 0.152. The van der Waals surface area contributed by atoms with E-state index in [2.05, 4.69) is 15.1 Å². The van der Waals surface area contributed by atoms with E-state index in [1.54, 1.807) is 6.07 Å². The molecule has 0 bridgehead atoms. The van der Waals surface area contributed by atoms with Gasteiger partial charge in [0, 0.05) is 18.5 Å². The smallest absolute Gasteiger partial charge is 0.163 e. The van der Waals surface area contributed by atoms with E-state index >= 15 is 0 Å². The maximum atomic E-state index is 13.4. The van der Waals surface area contributed by atoms with Crippen molar-refractivity contribution in [3.8, 4) is 11.8 Å². The highest BCUT2D eigenvalue weighted by molar-refractivity contribution is 6.30. The summed E-state index contributed by atoms with van der Waals surface area (Å²) in [4.78, 5) is 8.15. The Balaban J connectivity index is 2.03. The first-order chi connectivity index (χ1) is 11.1. The van der Waals surface area contributed by atoms with Gasteiger partial charge in [0.1, 0.15) is 11.9 Å². The highest BCUT2D eigenvalue weighted by atomic mass is 35.5. The molecule has 3 rings (SSSR count). The molecule has 5 nitrogen and oxygen atoms in total. The van der Waals surface area contributed by atoms with Crippen molar-refractivity contribution in [2.75, 3.05) is 0 Å². The summed E-state index contributed by atoms with van der Waals surface area (Å²) in [6.07, 6.45) is 3.16. The molecule has 3 aromatic rings. The molecular formula is C15H8ClF2N5. The second kappa shape index (κ2) is 6.10. The lowest BCUT2D eigenvalue weighted by Crippen LogP contribution is -2.06. The molecule has 0 N–H and O–H groups in total. The fraction of sp³-hybridized carbons (Fsp3) is 0.0667. The maximum absolute atomic E-state index is 13.4. The molecule has 0 atom stereocenters. The van der Waals surface area contributed by atoms with E-state index < -0.39 is 11.6 Å². The van der Waals surface area contributed by atoms with Crippen LogP contribution in [0.3, 0.4) is 0 Å². The first-order valence-corrected chi connectivity index (χ1v) is 6.85. The zero-order valence-electron chi connectivity index (χ0n) is 11.5. The van der Waals surface area contributed by atoms with Crippen LogP contribution in [-0.2, 0) is 6.42 Å². The Kier molecular flexibility index (Phi) is 4.00. The summed E-state index contributed by atoms with van der Waals surface area (Å²) in [6, 6.07) is 6.84. The lowest BCUT2D eigenvalue weighted by molar-refractivity contribution is 0.507. The number of hydrogen-bond donors (Lipinski definition) is 0. The summed E-state index contributed by atoms with van der Waals surface area (Å²) in [5, 5.41) is 13.5. The van der Waals surface area contributed by atoms with E-state index in [-0.39, 0.29) is 12.1 Å². The molecule has 0 unspecified atom stereocenters. The minimum atomic E-state index is -0.995. The van der Waals surface area contributed by atoms with Crippen LogP contribution < -0.4 is 0 Å². The molecular weight excluding hydrogens is 324 g/mol. The van der Waals surface area contributed by atoms with Gasteiger partial charge in [-0.25, -0.2) is 23.4 Å². The largest absolute Gasteiger partial charge is 0.239 e. The van der Waals surface area contributed by atoms with E-state index in [1.165, 1.54) is 23.1 Å². The molecule has 0 amide bonds. The van der Waals surface area contributed by atoms with Crippen LogP contribution in [0.5, 0.6) is 0 Å². The number of aromatic nitrogens is 4. The van der Waals surface area contributed by atoms with Crippen molar-refractivity contribution >= 4 is 11.6 Å². The van der Waals surface area contributed by atoms with Gasteiger partial charge >= 0.3 is 0 Å². The summed E-state index contributed by atoms with van der Waals surface area (Å²) < 4.78 is 27.9. The SMILES string of the molecule is N#Cc1cc(Cc2ncc(Cl)cn2)n(-c2ccc(F)c(F)c2)n1. The fourth-order valence-corrected chi connectivity index (χ4v) is 2.13. The predicted molar refractivity (Wildman–Crippen MR) is 78.0 cm³/mol. The third-order valence-corrected chi connectivity index (χ3v) is 3.25. The summed E-state index contributed by atoms with van der Waals surface area (Å²) in [5.41, 5.74) is 1.02. The predicted octanol–water partition coefficient (Wildman–Crippen LogP) is 3.06. The molecule has 1 aromatic carbocycles. The van der Waals surface area contributed by atoms with Crippen molar-refractivity contribution in [1.29, 1.82) is 5.26 Å². The van der Waals surface area contributed by atoms with Crippen molar-refractivity contribution in [3.05, 3.63) is 70.5 Å². The molecule has 0 radical (unpaired) electrons. The third kappa shape index (κ3) is 3.17. The van der Waals surface area contributed by atoms with Crippen LogP contribution in [0.25, 0.3) is 5.69 Å². The Morgan fingerprint density at radius 3 is 2.52 bits per heavy atom. The lowest BCUT2D eigenvalue weighted by atomic mass is 10.2. The van der Waals surface area contributed by atoms with Crippen molar-refractivity contribution in [1.82, 2.24) is 19.7 Å². The van der Waals surface area contributed by atoms with Crippen LogP contribution >= 0.6 is 11.6 Å². The highest BCUT2D eigenvalue weighted by Gasteiger charge is 2.13. The first kappa shape index (κ1) is 15.1. The molecule has 23 heavy (non-hydrogen) atoms. The summed E-state index contributed by atoms with van der Waals surface area (Å²) in [6.45, 7) is 0. The van der Waals surface area contributed by atoms with E-state index in [1.807, 2.05) is 6.07 Å². The monoisotopic (exact) mass is 331 g/mol. The van der Waals surface area contributed by atoms with Crippen LogP contribution in [0.2, 0.25) is 5.02 Å². The van der Waals surface area contributed by atoms with Gasteiger partial charge in [-0.1, -0.05) is 11.6 Å². The second-order valence-corrected chi connectivity index (χ2v) is 5.07. The summed E-state index contributed by atoms with van der Waals surface area (Å²) >= 11 is 5.74. The second-order valence-electron chi connectivity index (χ2n) is 4.64. The molecule has 2 heterocycles. The molecule has 0 saturated carbocycles. The van der Waals surface area contributed by atoms with Gasteiger partial charge in [0.05, 0.1) is 22.8 Å². The Morgan fingerprint density at radius 2 is 1.87 bits per heavy atom. The third-order valence-electron chi connectivity index (χ3n) is 3.06. The van der Waals surface area contributed by atoms with Crippen LogP contribution in [0, 0.1) is 23.0 Å². The number of nitrogens with zero attached hydrogens (tertiary/aromatic N) is 5. The Labute approximate surface area is 134 Å². The topological polar surface area (TPSA) is 67.4 Å². The van der Waals surface area contributed by atoms with E-state index in [9.17, 15) is 8.78 Å². The molecule has 0 aliphatic carbocycles. The molecule has 114 valence electrons. The van der Waals surface area contributed by atoms with E-state index in [0.29, 0.717) is 22.2 Å². The van der Waals surface area contributed by atoms with Crippen LogP contribution in [-0.4, -0.2) is 19.7 Å². The zero-order chi connectivity index (χ0) is 16.4.